The third-order valence-corrected chi connectivity index (χ3v) is 12.2. The molecular formula is C38H72N4. The number of unbranched alkanes of at least 4 members (excludes halogenated alkanes) is 4. The summed E-state index contributed by atoms with van der Waals surface area (Å²) in [5.41, 5.74) is 8.50. The van der Waals surface area contributed by atoms with Crippen LogP contribution >= 0.6 is 0 Å². The first-order valence-corrected chi connectivity index (χ1v) is 18.6. The fourth-order valence-corrected chi connectivity index (χ4v) is 9.73. The van der Waals surface area contributed by atoms with Gasteiger partial charge in [-0.15, -0.1) is 6.58 Å². The van der Waals surface area contributed by atoms with E-state index in [0.717, 1.165) is 69.4 Å². The smallest absolute Gasteiger partial charge is 0.0105 e. The van der Waals surface area contributed by atoms with Gasteiger partial charge < -0.3 is 21.7 Å². The summed E-state index contributed by atoms with van der Waals surface area (Å²) in [7, 11) is 0. The standard InChI is InChI=1S/C35H66N4.C3H6/c1-4-5-6-7-12-28-14-16-32-31-15-13-29-27-30(17-19-35(29,3)33(31)18-20-34(28,32)2)39-26-11-25-38-23-9-8-22-37-24-10-21-36;1-3-2/h13,28,30-33,37-39H,4-12,14-27,36H2,1-3H3;3H,1H2,2H3. The van der Waals surface area contributed by atoms with Crippen molar-refractivity contribution in [3.63, 3.8) is 0 Å². The maximum atomic E-state index is 5.54. The minimum Gasteiger partial charge on any atom is -0.330 e. The Balaban J connectivity index is 0.00000155. The lowest BCUT2D eigenvalue weighted by molar-refractivity contribution is -0.0441. The molecule has 0 bridgehead atoms. The van der Waals surface area contributed by atoms with Crippen molar-refractivity contribution in [3.8, 4) is 0 Å². The highest BCUT2D eigenvalue weighted by atomic mass is 14.9. The maximum absolute atomic E-state index is 5.54. The molecule has 4 aliphatic rings. The summed E-state index contributed by atoms with van der Waals surface area (Å²) in [5.74, 6) is 3.93. The predicted molar refractivity (Wildman–Crippen MR) is 185 cm³/mol. The highest BCUT2D eigenvalue weighted by Gasteiger charge is 2.58. The van der Waals surface area contributed by atoms with Crippen molar-refractivity contribution < 1.29 is 0 Å². The van der Waals surface area contributed by atoms with Crippen LogP contribution in [-0.2, 0) is 0 Å². The van der Waals surface area contributed by atoms with Crippen LogP contribution in [-0.4, -0.2) is 45.3 Å². The first-order chi connectivity index (χ1) is 20.4. The number of rotatable bonds is 18. The molecule has 4 aliphatic carbocycles. The Hall–Kier alpha value is -0.680. The zero-order valence-electron chi connectivity index (χ0n) is 28.6. The van der Waals surface area contributed by atoms with Crippen molar-refractivity contribution in [3.05, 3.63) is 24.3 Å². The van der Waals surface area contributed by atoms with Gasteiger partial charge in [-0.3, -0.25) is 0 Å². The summed E-state index contributed by atoms with van der Waals surface area (Å²) in [4.78, 5) is 0. The van der Waals surface area contributed by atoms with E-state index in [-0.39, 0.29) is 0 Å². The van der Waals surface area contributed by atoms with Gasteiger partial charge in [0, 0.05) is 6.04 Å². The molecule has 3 saturated carbocycles. The highest BCUT2D eigenvalue weighted by Crippen LogP contribution is 2.66. The minimum absolute atomic E-state index is 0.488. The quantitative estimate of drug-likeness (QED) is 0.0965. The molecule has 0 aliphatic heterocycles. The van der Waals surface area contributed by atoms with Gasteiger partial charge >= 0.3 is 0 Å². The van der Waals surface area contributed by atoms with Gasteiger partial charge in [0.15, 0.2) is 0 Å². The summed E-state index contributed by atoms with van der Waals surface area (Å²) >= 11 is 0. The molecule has 0 radical (unpaired) electrons. The van der Waals surface area contributed by atoms with Crippen molar-refractivity contribution in [2.45, 2.75) is 143 Å². The molecule has 0 aromatic rings. The molecule has 0 saturated heterocycles. The van der Waals surface area contributed by atoms with E-state index in [0.29, 0.717) is 16.9 Å². The Morgan fingerprint density at radius 1 is 0.857 bits per heavy atom. The molecule has 0 amide bonds. The average molecular weight is 585 g/mol. The van der Waals surface area contributed by atoms with Crippen molar-refractivity contribution in [2.75, 3.05) is 39.3 Å². The van der Waals surface area contributed by atoms with E-state index in [9.17, 15) is 0 Å². The Morgan fingerprint density at radius 3 is 2.29 bits per heavy atom. The third kappa shape index (κ3) is 9.66. The Labute approximate surface area is 262 Å². The van der Waals surface area contributed by atoms with Crippen LogP contribution in [0.1, 0.15) is 137 Å². The number of fused-ring (bicyclic) bond motifs is 5. The fourth-order valence-electron chi connectivity index (χ4n) is 9.73. The van der Waals surface area contributed by atoms with Gasteiger partial charge in [0.05, 0.1) is 0 Å². The van der Waals surface area contributed by atoms with Crippen LogP contribution in [0.2, 0.25) is 0 Å². The fraction of sp³-hybridized carbons (Fsp3) is 0.895. The van der Waals surface area contributed by atoms with E-state index >= 15 is 0 Å². The molecule has 4 nitrogen and oxygen atoms in total. The molecular weight excluding hydrogens is 512 g/mol. The zero-order valence-corrected chi connectivity index (χ0v) is 28.6. The van der Waals surface area contributed by atoms with Gasteiger partial charge in [-0.25, -0.2) is 0 Å². The number of nitrogens with one attached hydrogen (secondary N) is 3. The molecule has 7 unspecified atom stereocenters. The average Bonchev–Trinajstić information content (AvgIpc) is 3.32. The van der Waals surface area contributed by atoms with Gasteiger partial charge in [-0.05, 0) is 164 Å². The molecule has 244 valence electrons. The first kappa shape index (κ1) is 35.8. The van der Waals surface area contributed by atoms with Crippen molar-refractivity contribution >= 4 is 0 Å². The van der Waals surface area contributed by atoms with Crippen molar-refractivity contribution in [1.29, 1.82) is 0 Å². The summed E-state index contributed by atoms with van der Waals surface area (Å²) in [5, 5.41) is 11.1. The van der Waals surface area contributed by atoms with Gasteiger partial charge in [-0.1, -0.05) is 64.2 Å². The second-order valence-corrected chi connectivity index (χ2v) is 14.9. The molecule has 0 aromatic heterocycles. The van der Waals surface area contributed by atoms with Gasteiger partial charge in [0.2, 0.25) is 0 Å². The second-order valence-electron chi connectivity index (χ2n) is 14.9. The summed E-state index contributed by atoms with van der Waals surface area (Å²) < 4.78 is 0. The van der Waals surface area contributed by atoms with Crippen LogP contribution in [0.15, 0.2) is 24.3 Å². The number of allylic oxidation sites excluding steroid dienone is 2. The molecule has 5 N–H and O–H groups in total. The molecule has 3 fully saturated rings. The Morgan fingerprint density at radius 2 is 1.57 bits per heavy atom. The SMILES string of the molecule is C=CC.CCCCCCC1CCC2C3CC=C4CC(NCCCNCCCCNCCCN)CCC4(C)C3CCC12C. The molecule has 42 heavy (non-hydrogen) atoms. The van der Waals surface area contributed by atoms with Gasteiger partial charge in [0.1, 0.15) is 0 Å². The summed E-state index contributed by atoms with van der Waals surface area (Å²) in [6, 6.07) is 0.702. The van der Waals surface area contributed by atoms with Crippen LogP contribution in [0.5, 0.6) is 0 Å². The lowest BCUT2D eigenvalue weighted by Crippen LogP contribution is -2.51. The highest BCUT2D eigenvalue weighted by molar-refractivity contribution is 5.26. The molecule has 0 aromatic carbocycles. The molecule has 0 heterocycles. The normalized spacial score (nSPS) is 33.5. The van der Waals surface area contributed by atoms with Crippen LogP contribution < -0.4 is 21.7 Å². The van der Waals surface area contributed by atoms with Gasteiger partial charge in [-0.2, -0.15) is 0 Å². The Kier molecular flexibility index (Phi) is 16.2. The van der Waals surface area contributed by atoms with Crippen LogP contribution in [0.4, 0.5) is 0 Å². The molecule has 4 heteroatoms. The molecule has 0 spiro atoms. The maximum Gasteiger partial charge on any atom is 0.0105 e. The molecule has 4 rings (SSSR count). The summed E-state index contributed by atoms with van der Waals surface area (Å²) in [6.07, 6.45) is 28.2. The van der Waals surface area contributed by atoms with E-state index in [1.54, 1.807) is 6.08 Å². The van der Waals surface area contributed by atoms with Crippen LogP contribution in [0.25, 0.3) is 0 Å². The molecule has 7 atom stereocenters. The Bertz CT molecular complexity index is 779. The van der Waals surface area contributed by atoms with Crippen LogP contribution in [0, 0.1) is 34.5 Å². The van der Waals surface area contributed by atoms with Crippen molar-refractivity contribution in [2.24, 2.45) is 40.2 Å². The van der Waals surface area contributed by atoms with E-state index in [1.807, 2.05) is 12.5 Å². The third-order valence-electron chi connectivity index (χ3n) is 12.2. The number of hydrogen-bond acceptors (Lipinski definition) is 4. The lowest BCUT2D eigenvalue weighted by atomic mass is 9.47. The van der Waals surface area contributed by atoms with Crippen LogP contribution in [0.3, 0.4) is 0 Å². The summed E-state index contributed by atoms with van der Waals surface area (Å²) in [6.45, 7) is 19.4. The van der Waals surface area contributed by atoms with Crippen molar-refractivity contribution in [1.82, 2.24) is 16.0 Å². The monoisotopic (exact) mass is 585 g/mol. The van der Waals surface area contributed by atoms with E-state index in [4.69, 9.17) is 5.73 Å². The first-order valence-electron chi connectivity index (χ1n) is 18.6. The topological polar surface area (TPSA) is 62.1 Å². The largest absolute Gasteiger partial charge is 0.330 e. The number of nitrogens with two attached hydrogens (primary N) is 1. The second kappa shape index (κ2) is 19.0. The lowest BCUT2D eigenvalue weighted by Gasteiger charge is -2.58. The van der Waals surface area contributed by atoms with E-state index < -0.39 is 0 Å². The van der Waals surface area contributed by atoms with Gasteiger partial charge in [0.25, 0.3) is 0 Å². The zero-order chi connectivity index (χ0) is 30.3. The van der Waals surface area contributed by atoms with E-state index in [2.05, 4.69) is 49.4 Å². The number of hydrogen-bond donors (Lipinski definition) is 4. The van der Waals surface area contributed by atoms with E-state index in [1.165, 1.54) is 103 Å². The predicted octanol–water partition coefficient (Wildman–Crippen LogP) is 8.38. The minimum atomic E-state index is 0.488.